The van der Waals surface area contributed by atoms with Crippen LogP contribution in [-0.4, -0.2) is 8.07 Å². The Kier molecular flexibility index (Phi) is 6.23. The Hall–Kier alpha value is -1.28. The van der Waals surface area contributed by atoms with Crippen LogP contribution < -0.4 is 0 Å². The third-order valence-corrected chi connectivity index (χ3v) is 15.0. The van der Waals surface area contributed by atoms with Crippen molar-refractivity contribution in [2.24, 2.45) is 0 Å². The van der Waals surface area contributed by atoms with Crippen LogP contribution >= 0.6 is 11.3 Å². The minimum atomic E-state index is -0.972. The Balaban J connectivity index is 0.000000167. The molecule has 0 fully saturated rings. The monoisotopic (exact) mass is 557 g/mol. The number of allylic oxidation sites excluding steroid dienone is 2. The summed E-state index contributed by atoms with van der Waals surface area (Å²) in [6.45, 7) is 16.4. The summed E-state index contributed by atoms with van der Waals surface area (Å²) in [7, 11) is -0.972. The molecule has 173 valence electrons. The summed E-state index contributed by atoms with van der Waals surface area (Å²) in [6.07, 6.45) is 3.59. The van der Waals surface area contributed by atoms with Crippen molar-refractivity contribution in [1.82, 2.24) is 0 Å². The zero-order valence-corrected chi connectivity index (χ0v) is 25.8. The molecule has 34 heavy (non-hydrogen) atoms. The Bertz CT molecular complexity index is 1310. The van der Waals surface area contributed by atoms with Gasteiger partial charge in [-0.25, -0.2) is 0 Å². The van der Waals surface area contributed by atoms with E-state index in [1.807, 2.05) is 11.3 Å². The normalized spacial score (nSPS) is 21.3. The predicted octanol–water partition coefficient (Wildman–Crippen LogP) is 9.47. The van der Waals surface area contributed by atoms with Crippen molar-refractivity contribution < 1.29 is 24.7 Å². The quantitative estimate of drug-likeness (QED) is 0.275. The Morgan fingerprint density at radius 2 is 1.68 bits per heavy atom. The van der Waals surface area contributed by atoms with Crippen molar-refractivity contribution in [2.45, 2.75) is 68.7 Å². The number of thiophene rings is 1. The van der Waals surface area contributed by atoms with Gasteiger partial charge in [-0.15, -0.1) is 11.3 Å². The molecular weight excluding hydrogens is 524 g/mol. The van der Waals surface area contributed by atoms with Gasteiger partial charge >= 0.3 is 150 Å². The first-order valence-electron chi connectivity index (χ1n) is 12.5. The summed E-state index contributed by atoms with van der Waals surface area (Å²) in [5, 5.41) is 4.02. The minimum absolute atomic E-state index is 0.213. The molecule has 2 aromatic carbocycles. The van der Waals surface area contributed by atoms with Crippen LogP contribution in [0.1, 0.15) is 77.3 Å². The van der Waals surface area contributed by atoms with Gasteiger partial charge in [-0.1, -0.05) is 18.7 Å². The van der Waals surface area contributed by atoms with Crippen molar-refractivity contribution in [1.29, 1.82) is 0 Å². The first kappa shape index (κ1) is 24.4. The van der Waals surface area contributed by atoms with Crippen LogP contribution in [0, 0.1) is 0 Å². The van der Waals surface area contributed by atoms with Crippen molar-refractivity contribution in [2.75, 3.05) is 0 Å². The maximum atomic E-state index is 2.51. The van der Waals surface area contributed by atoms with Gasteiger partial charge < -0.3 is 0 Å². The van der Waals surface area contributed by atoms with Crippen molar-refractivity contribution in [3.8, 4) is 11.1 Å². The summed E-state index contributed by atoms with van der Waals surface area (Å²) in [5.41, 5.74) is 13.1. The SMILES string of the molecule is CC1=C2c3sccc3C1[Si]2(C)C.CCC1=Cc2c(-c3ccc(C(C)(C)C)cc3)cccc2[CH]1[Zr]. The van der Waals surface area contributed by atoms with Crippen LogP contribution in [0.15, 0.2) is 65.1 Å². The predicted molar refractivity (Wildman–Crippen MR) is 149 cm³/mol. The molecule has 2 bridgehead atoms. The van der Waals surface area contributed by atoms with Gasteiger partial charge in [-0.05, 0) is 29.1 Å². The van der Waals surface area contributed by atoms with Crippen molar-refractivity contribution in [3.63, 3.8) is 0 Å². The summed E-state index contributed by atoms with van der Waals surface area (Å²) < 4.78 is 0.654. The van der Waals surface area contributed by atoms with E-state index in [4.69, 9.17) is 0 Å². The zero-order chi connectivity index (χ0) is 24.4. The molecule has 0 spiro atoms. The molecule has 0 amide bonds. The second-order valence-corrected chi connectivity index (χ2v) is 18.4. The molecular formula is C31H35SSiZr. The summed E-state index contributed by atoms with van der Waals surface area (Å²) in [4.78, 5) is 1.63. The molecule has 0 radical (unpaired) electrons. The molecule has 4 aliphatic rings. The van der Waals surface area contributed by atoms with Gasteiger partial charge in [0.05, 0.1) is 8.07 Å². The van der Waals surface area contributed by atoms with Gasteiger partial charge in [0, 0.05) is 10.4 Å². The molecule has 3 heteroatoms. The van der Waals surface area contributed by atoms with E-state index in [1.54, 1.807) is 51.5 Å². The number of benzene rings is 2. The number of fused-ring (bicyclic) bond motifs is 1. The molecule has 0 saturated carbocycles. The third kappa shape index (κ3) is 3.78. The average molecular weight is 559 g/mol. The summed E-state index contributed by atoms with van der Waals surface area (Å²) in [6, 6.07) is 18.3. The Morgan fingerprint density at radius 3 is 2.26 bits per heavy atom. The van der Waals surface area contributed by atoms with Crippen LogP contribution in [-0.2, 0) is 30.1 Å². The van der Waals surface area contributed by atoms with E-state index in [0.29, 0.717) is 3.63 Å². The molecule has 0 saturated heterocycles. The first-order valence-corrected chi connectivity index (χ1v) is 17.9. The topological polar surface area (TPSA) is 0 Å². The van der Waals surface area contributed by atoms with Crippen molar-refractivity contribution >= 4 is 30.7 Å². The van der Waals surface area contributed by atoms with E-state index in [1.165, 1.54) is 27.8 Å². The number of hydrogen-bond acceptors (Lipinski definition) is 1. The Labute approximate surface area is 226 Å². The maximum absolute atomic E-state index is 2.51. The summed E-state index contributed by atoms with van der Waals surface area (Å²) >= 11 is 3.55. The van der Waals surface area contributed by atoms with Gasteiger partial charge in [-0.2, -0.15) is 0 Å². The van der Waals surface area contributed by atoms with E-state index in [9.17, 15) is 0 Å². The fraction of sp³-hybridized carbons (Fsp3) is 0.355. The van der Waals surface area contributed by atoms with Gasteiger partial charge in [0.1, 0.15) is 0 Å². The van der Waals surface area contributed by atoms with Gasteiger partial charge in [0.15, 0.2) is 0 Å². The molecule has 2 aliphatic heterocycles. The van der Waals surface area contributed by atoms with Gasteiger partial charge in [0.25, 0.3) is 0 Å². The molecule has 3 heterocycles. The zero-order valence-electron chi connectivity index (χ0n) is 21.5. The standard InChI is InChI=1S/C21H23.C10H12SSi.Zr/c1-5-15-13-17-7-6-8-19(20(17)14-15)16-9-11-18(12-10-16)21(2,3)4;1-6-9-7-4-5-11-8(7)10(6)12(9,2)3;/h6-14H,5H2,1-4H3;4-5,9H,1-3H3;. The second-order valence-electron chi connectivity index (χ2n) is 11.6. The third-order valence-electron chi connectivity index (χ3n) is 8.05. The summed E-state index contributed by atoms with van der Waals surface area (Å²) in [5.74, 6) is 0. The number of hydrogen-bond donors (Lipinski definition) is 0. The van der Waals surface area contributed by atoms with E-state index < -0.39 is 8.07 Å². The number of rotatable bonds is 2. The van der Waals surface area contributed by atoms with Crippen LogP contribution in [0.3, 0.4) is 0 Å². The molecule has 7 rings (SSSR count). The van der Waals surface area contributed by atoms with E-state index >= 15 is 0 Å². The average Bonchev–Trinajstić information content (AvgIpc) is 3.49. The molecule has 2 unspecified atom stereocenters. The van der Waals surface area contributed by atoms with Crippen LogP contribution in [0.4, 0.5) is 0 Å². The Morgan fingerprint density at radius 1 is 0.971 bits per heavy atom. The van der Waals surface area contributed by atoms with E-state index in [0.717, 1.165) is 12.0 Å². The fourth-order valence-corrected chi connectivity index (χ4v) is 13.8. The molecule has 2 aliphatic carbocycles. The molecule has 3 aromatic rings. The van der Waals surface area contributed by atoms with Crippen LogP contribution in [0.25, 0.3) is 22.4 Å². The van der Waals surface area contributed by atoms with Gasteiger partial charge in [0.2, 0.25) is 0 Å². The first-order chi connectivity index (χ1) is 16.1. The van der Waals surface area contributed by atoms with Crippen LogP contribution in [0.5, 0.6) is 0 Å². The molecule has 0 nitrogen and oxygen atoms in total. The van der Waals surface area contributed by atoms with E-state index in [2.05, 4.69) is 108 Å². The molecule has 1 aromatic heterocycles. The second kappa shape index (κ2) is 8.68. The van der Waals surface area contributed by atoms with Crippen molar-refractivity contribution in [3.05, 3.63) is 92.2 Å². The fourth-order valence-electron chi connectivity index (χ4n) is 6.28. The van der Waals surface area contributed by atoms with Crippen LogP contribution in [0.2, 0.25) is 13.1 Å². The van der Waals surface area contributed by atoms with E-state index in [-0.39, 0.29) is 5.41 Å². The van der Waals surface area contributed by atoms with Gasteiger partial charge in [-0.3, -0.25) is 0 Å². The molecule has 0 N–H and O–H groups in total. The molecule has 2 atom stereocenters.